The number of nitrogens with zero attached hydrogens (tertiary/aromatic N) is 4. The smallest absolute Gasteiger partial charge is 0.246 e. The molecule has 3 aliphatic heterocycles. The summed E-state index contributed by atoms with van der Waals surface area (Å²) in [5, 5.41) is 64.1. The number of phenols is 1. The van der Waals surface area contributed by atoms with Crippen LogP contribution in [0.25, 0.3) is 0 Å². The van der Waals surface area contributed by atoms with Crippen LogP contribution in [0.2, 0.25) is 0 Å². The monoisotopic (exact) mass is 1440 g/mol. The van der Waals surface area contributed by atoms with Crippen LogP contribution < -0.4 is 70.8 Å². The van der Waals surface area contributed by atoms with Gasteiger partial charge < -0.3 is 100 Å². The fraction of sp³-hybridized carbons (Fsp3) is 0.536. The van der Waals surface area contributed by atoms with E-state index in [2.05, 4.69) is 58.2 Å². The van der Waals surface area contributed by atoms with Crippen LogP contribution in [0.1, 0.15) is 101 Å². The zero-order chi connectivity index (χ0) is 75.2. The van der Waals surface area contributed by atoms with E-state index < -0.39 is 194 Å². The number of rotatable bonds is 22. The van der Waals surface area contributed by atoms with Gasteiger partial charge >= 0.3 is 0 Å². The number of ether oxygens (including phenoxy) is 2. The highest BCUT2D eigenvalue weighted by atomic mass is 16.7. The minimum Gasteiger partial charge on any atom is -0.508 e. The average Bonchev–Trinajstić information content (AvgIpc) is 1.15. The zero-order valence-electron chi connectivity index (χ0n) is 58.2. The van der Waals surface area contributed by atoms with Gasteiger partial charge in [0.15, 0.2) is 6.29 Å². The average molecular weight is 1440 g/mol. The fourth-order valence-corrected chi connectivity index (χ4v) is 12.3. The molecule has 103 heavy (non-hydrogen) atoms. The van der Waals surface area contributed by atoms with Crippen molar-refractivity contribution in [2.75, 3.05) is 20.2 Å². The van der Waals surface area contributed by atoms with E-state index in [4.69, 9.17) is 32.4 Å². The highest BCUT2D eigenvalue weighted by Crippen LogP contribution is 2.24. The van der Waals surface area contributed by atoms with Gasteiger partial charge in [-0.15, -0.1) is 5.10 Å². The number of aliphatic hydroxyl groups excluding tert-OH is 2. The number of fused-ring (bicyclic) bond motifs is 1. The molecule has 4 aromatic rings. The van der Waals surface area contributed by atoms with Crippen LogP contribution in [0.4, 0.5) is 0 Å². The maximum absolute atomic E-state index is 15.3. The summed E-state index contributed by atoms with van der Waals surface area (Å²) in [4.78, 5) is 176. The summed E-state index contributed by atoms with van der Waals surface area (Å²) in [5.74, 6) is -12.8. The number of amides is 12. The topological polar surface area (TPSA) is 530 Å². The van der Waals surface area contributed by atoms with Crippen LogP contribution in [0.3, 0.4) is 0 Å². The summed E-state index contributed by atoms with van der Waals surface area (Å²) in [6.45, 7) is 6.61. The zero-order valence-corrected chi connectivity index (χ0v) is 58.2. The molecule has 4 heterocycles. The van der Waals surface area contributed by atoms with Gasteiger partial charge in [-0.1, -0.05) is 106 Å². The first-order valence-electron chi connectivity index (χ1n) is 34.4. The lowest BCUT2D eigenvalue weighted by molar-refractivity contribution is -0.254. The molecule has 3 aliphatic rings. The summed E-state index contributed by atoms with van der Waals surface area (Å²) in [6, 6.07) is 5.94. The van der Waals surface area contributed by atoms with Gasteiger partial charge in [0.25, 0.3) is 0 Å². The van der Waals surface area contributed by atoms with Gasteiger partial charge in [-0.05, 0) is 85.7 Å². The van der Waals surface area contributed by atoms with E-state index in [1.165, 1.54) is 47.2 Å². The number of carbonyl (C=O) groups is 12. The molecule has 3 saturated heterocycles. The highest BCUT2D eigenvalue weighted by molar-refractivity contribution is 6.01. The van der Waals surface area contributed by atoms with Crippen molar-refractivity contribution in [3.05, 3.63) is 114 Å². The number of hydrogen-bond donors (Lipinski definition) is 16. The van der Waals surface area contributed by atoms with Gasteiger partial charge in [0.1, 0.15) is 84.5 Å². The number of methoxy groups -OCH3 is 1. The van der Waals surface area contributed by atoms with E-state index >= 15 is 19.2 Å². The second-order valence-corrected chi connectivity index (χ2v) is 26.9. The van der Waals surface area contributed by atoms with E-state index in [0.717, 1.165) is 0 Å². The molecule has 0 unspecified atom stereocenters. The van der Waals surface area contributed by atoms with Crippen molar-refractivity contribution in [2.24, 2.45) is 34.8 Å². The van der Waals surface area contributed by atoms with Gasteiger partial charge in [-0.2, -0.15) is 0 Å². The number of primary amides is 2. The van der Waals surface area contributed by atoms with E-state index in [-0.39, 0.29) is 81.9 Å². The minimum atomic E-state index is -1.99. The number of nitrogens with two attached hydrogens (primary N) is 4. The molecule has 0 saturated carbocycles. The first kappa shape index (κ1) is 80.3. The van der Waals surface area contributed by atoms with E-state index in [1.807, 2.05) is 0 Å². The number of carbonyl (C=O) groups excluding carboxylic acids is 12. The predicted octanol–water partition coefficient (Wildman–Crippen LogP) is -4.38. The summed E-state index contributed by atoms with van der Waals surface area (Å²) in [7, 11) is 1.28. The van der Waals surface area contributed by atoms with Crippen molar-refractivity contribution in [1.29, 1.82) is 0 Å². The summed E-state index contributed by atoms with van der Waals surface area (Å²) < 4.78 is 12.3. The molecule has 34 nitrogen and oxygen atoms in total. The Bertz CT molecular complexity index is 3590. The Hall–Kier alpha value is -10.00. The van der Waals surface area contributed by atoms with Crippen LogP contribution >= 0.6 is 0 Å². The number of aliphatic hydroxyl groups is 2. The third-order valence-corrected chi connectivity index (χ3v) is 17.9. The normalized spacial score (nSPS) is 27.2. The molecule has 20 N–H and O–H groups in total. The standard InChI is InChI=1S/C69H97N17O17/c1-36(2)28-45-61(94)81-50(31-39-16-10-7-11-17-39)68(101)86-27-13-19-51(86)66(99)80-46(29-38-14-8-6-9-15-38)62(95)78-48(32-41-34-85(84-83-41)35-52-57(90)58(91)55(73)69(102-5)103-52)63(96)79-49(33-54(72)89)64(97)74-44(24-25-53(71)88)60(93)77-47(30-40-20-22-42(87)23-21-40)65(98)82-56(37(3)4)67(100)75-43(18-12-26-70)59(92)76-45/h6-11,14-17,20-23,34,36-37,43-52,55-58,69,87,90-91H,12-13,18-19,24-33,35,70,73H2,1-5H3,(H2,71,88)(H2,72,89)(H,74,97)(H,75,100)(H,76,92)(H,77,93)(H,78,95)(H,79,96)(H,80,99)(H,81,94)(H,82,98)/t43-,44-,45-,46-,47-,48+,49-,50+,51-,52+,55+,56-,57+,58+,69+/m0/s1. The Balaban J connectivity index is 1.33. The number of benzene rings is 3. The molecule has 3 fully saturated rings. The van der Waals surface area contributed by atoms with Crippen molar-refractivity contribution in [3.8, 4) is 5.75 Å². The Morgan fingerprint density at radius 2 is 1.08 bits per heavy atom. The van der Waals surface area contributed by atoms with Crippen LogP contribution in [-0.2, 0) is 99.2 Å². The molecule has 0 spiro atoms. The quantitative estimate of drug-likeness (QED) is 0.0353. The van der Waals surface area contributed by atoms with Crippen molar-refractivity contribution in [1.82, 2.24) is 67.7 Å². The SMILES string of the molecule is CO[C@@H]1O[C@H](Cn2cc(C[C@H]3NC(=O)[C@H](Cc4ccccc4)NC(=O)[C@@H]4CCCN4C(=O)[C@@H](Cc4ccccc4)NC(=O)[C@H](CC(C)C)NC(=O)[C@H](CCCN)NC(=O)[C@H](C(C)C)NC(=O)[C@H](Cc4ccc(O)cc4)NC(=O)[C@H](CCC(N)=O)NC(=O)[C@H](CC(N)=O)NC3=O)nn2)[C@@H](O)[C@H](O)[C@H]1N. The maximum Gasteiger partial charge on any atom is 0.246 e. The molecule has 34 heteroatoms. The lowest BCUT2D eigenvalue weighted by atomic mass is 9.97. The van der Waals surface area contributed by atoms with Gasteiger partial charge in [0.2, 0.25) is 70.9 Å². The third-order valence-electron chi connectivity index (χ3n) is 17.9. The van der Waals surface area contributed by atoms with Crippen molar-refractivity contribution >= 4 is 70.9 Å². The van der Waals surface area contributed by atoms with Crippen LogP contribution in [0.5, 0.6) is 5.75 Å². The predicted molar refractivity (Wildman–Crippen MR) is 368 cm³/mol. The van der Waals surface area contributed by atoms with E-state index in [1.54, 1.807) is 88.4 Å². The Morgan fingerprint density at radius 1 is 0.592 bits per heavy atom. The largest absolute Gasteiger partial charge is 0.508 e. The molecule has 3 aromatic carbocycles. The fourth-order valence-electron chi connectivity index (χ4n) is 12.3. The number of aromatic hydroxyl groups is 1. The van der Waals surface area contributed by atoms with Gasteiger partial charge in [0, 0.05) is 52.0 Å². The number of aromatic nitrogens is 3. The van der Waals surface area contributed by atoms with Crippen LogP contribution in [0, 0.1) is 11.8 Å². The van der Waals surface area contributed by atoms with Gasteiger partial charge in [-0.3, -0.25) is 57.5 Å². The summed E-state index contributed by atoms with van der Waals surface area (Å²) >= 11 is 0. The molecular weight excluding hydrogens is 1340 g/mol. The number of nitrogens with one attached hydrogen (secondary N) is 9. The molecule has 0 bridgehead atoms. The Labute approximate surface area is 595 Å². The summed E-state index contributed by atoms with van der Waals surface area (Å²) in [5.41, 5.74) is 24.7. The molecular formula is C69H97N17O17. The maximum atomic E-state index is 15.3. The summed E-state index contributed by atoms with van der Waals surface area (Å²) in [6.07, 6.45) is -6.82. The van der Waals surface area contributed by atoms with Crippen LogP contribution in [0.15, 0.2) is 91.1 Å². The first-order valence-corrected chi connectivity index (χ1v) is 34.4. The Morgan fingerprint density at radius 3 is 1.64 bits per heavy atom. The Kier molecular flexibility index (Phi) is 29.9. The molecule has 15 atom stereocenters. The number of hydrogen-bond acceptors (Lipinski definition) is 21. The van der Waals surface area contributed by atoms with Crippen molar-refractivity contribution in [3.63, 3.8) is 0 Å². The molecule has 1 aromatic heterocycles. The van der Waals surface area contributed by atoms with Crippen molar-refractivity contribution < 1.29 is 82.3 Å². The molecule has 0 radical (unpaired) electrons. The van der Waals surface area contributed by atoms with Gasteiger partial charge in [-0.25, -0.2) is 4.68 Å². The molecule has 7 rings (SSSR count). The van der Waals surface area contributed by atoms with E-state index in [9.17, 15) is 53.7 Å². The van der Waals surface area contributed by atoms with Crippen molar-refractivity contribution in [2.45, 2.75) is 202 Å². The van der Waals surface area contributed by atoms with Crippen LogP contribution in [-0.4, -0.2) is 217 Å². The second kappa shape index (κ2) is 38.3. The number of phenolic OH excluding ortho intramolecular Hbond substituents is 1. The second-order valence-electron chi connectivity index (χ2n) is 26.9. The molecule has 560 valence electrons. The lowest BCUT2D eigenvalue weighted by Gasteiger charge is -2.40. The minimum absolute atomic E-state index is 0.0195. The van der Waals surface area contributed by atoms with E-state index in [0.29, 0.717) is 23.1 Å². The third kappa shape index (κ3) is 23.5. The highest BCUT2D eigenvalue weighted by Gasteiger charge is 2.45. The lowest BCUT2D eigenvalue weighted by Crippen LogP contribution is -2.62. The molecule has 0 aliphatic carbocycles. The molecule has 12 amide bonds. The van der Waals surface area contributed by atoms with Gasteiger partial charge in [0.05, 0.1) is 24.7 Å². The first-order chi connectivity index (χ1) is 49.0.